The van der Waals surface area contributed by atoms with Gasteiger partial charge in [-0.25, -0.2) is 0 Å². The van der Waals surface area contributed by atoms with Gasteiger partial charge in [-0.2, -0.15) is 11.8 Å². The van der Waals surface area contributed by atoms with Crippen molar-refractivity contribution in [2.75, 3.05) is 18.0 Å². The summed E-state index contributed by atoms with van der Waals surface area (Å²) in [5, 5.41) is 3.00. The van der Waals surface area contributed by atoms with Crippen LogP contribution in [0.15, 0.2) is 18.2 Å². The maximum atomic E-state index is 12.1. The van der Waals surface area contributed by atoms with Gasteiger partial charge in [-0.05, 0) is 50.1 Å². The Kier molecular flexibility index (Phi) is 3.85. The van der Waals surface area contributed by atoms with Crippen molar-refractivity contribution < 1.29 is 4.79 Å². The number of hydrogen-bond donors (Lipinski definition) is 2. The standard InChI is InChI=1S/C14H20N2OS/c1-10-4-5-11(12(15)8-10)13(17)16-9-14(2)6-3-7-18-14/h4-5,8H,3,6-7,9,15H2,1-2H3,(H,16,17). The second-order valence-corrected chi connectivity index (χ2v) is 6.86. The molecule has 1 aliphatic heterocycles. The molecule has 0 aliphatic carbocycles. The predicted octanol–water partition coefficient (Wildman–Crippen LogP) is 2.59. The highest BCUT2D eigenvalue weighted by atomic mass is 32.2. The van der Waals surface area contributed by atoms with Gasteiger partial charge in [0.25, 0.3) is 5.91 Å². The second-order valence-electron chi connectivity index (χ2n) is 5.18. The van der Waals surface area contributed by atoms with Crippen LogP contribution in [-0.4, -0.2) is 23.0 Å². The SMILES string of the molecule is Cc1ccc(C(=O)NCC2(C)CCCS2)c(N)c1. The van der Waals surface area contributed by atoms with Gasteiger partial charge in [-0.3, -0.25) is 4.79 Å². The number of nitrogens with two attached hydrogens (primary N) is 1. The van der Waals surface area contributed by atoms with Gasteiger partial charge in [0.05, 0.1) is 5.56 Å². The lowest BCUT2D eigenvalue weighted by molar-refractivity contribution is 0.0951. The van der Waals surface area contributed by atoms with Crippen LogP contribution in [0.5, 0.6) is 0 Å². The van der Waals surface area contributed by atoms with Crippen LogP contribution in [0.1, 0.15) is 35.7 Å². The number of nitrogens with one attached hydrogen (secondary N) is 1. The van der Waals surface area contributed by atoms with Crippen molar-refractivity contribution in [3.63, 3.8) is 0 Å². The molecule has 1 fully saturated rings. The molecule has 18 heavy (non-hydrogen) atoms. The third kappa shape index (κ3) is 2.99. The fourth-order valence-electron chi connectivity index (χ4n) is 2.23. The zero-order valence-electron chi connectivity index (χ0n) is 11.0. The maximum absolute atomic E-state index is 12.1. The number of nitrogen functional groups attached to an aromatic ring is 1. The first kappa shape index (κ1) is 13.3. The van der Waals surface area contributed by atoms with E-state index in [1.807, 2.05) is 30.8 Å². The molecule has 1 atom stereocenters. The monoisotopic (exact) mass is 264 g/mol. The highest BCUT2D eigenvalue weighted by molar-refractivity contribution is 8.00. The minimum absolute atomic E-state index is 0.0683. The average molecular weight is 264 g/mol. The van der Waals surface area contributed by atoms with Crippen molar-refractivity contribution in [1.29, 1.82) is 0 Å². The summed E-state index contributed by atoms with van der Waals surface area (Å²) in [5.41, 5.74) is 8.07. The Balaban J connectivity index is 1.99. The molecule has 2 rings (SSSR count). The van der Waals surface area contributed by atoms with E-state index in [9.17, 15) is 4.79 Å². The zero-order valence-corrected chi connectivity index (χ0v) is 11.8. The topological polar surface area (TPSA) is 55.1 Å². The van der Waals surface area contributed by atoms with Crippen LogP contribution in [0.4, 0.5) is 5.69 Å². The largest absolute Gasteiger partial charge is 0.398 e. The normalized spacial score (nSPS) is 23.0. The van der Waals surface area contributed by atoms with Crippen molar-refractivity contribution in [3.05, 3.63) is 29.3 Å². The van der Waals surface area contributed by atoms with Crippen LogP contribution in [0, 0.1) is 6.92 Å². The number of rotatable bonds is 3. The number of aryl methyl sites for hydroxylation is 1. The number of thioether (sulfide) groups is 1. The molecule has 0 bridgehead atoms. The molecule has 1 aromatic carbocycles. The number of carbonyl (C=O) groups is 1. The molecule has 1 amide bonds. The highest BCUT2D eigenvalue weighted by Crippen LogP contribution is 2.37. The summed E-state index contributed by atoms with van der Waals surface area (Å²) in [7, 11) is 0. The van der Waals surface area contributed by atoms with Crippen LogP contribution in [-0.2, 0) is 0 Å². The van der Waals surface area contributed by atoms with E-state index in [4.69, 9.17) is 5.73 Å². The van der Waals surface area contributed by atoms with Gasteiger partial charge in [-0.1, -0.05) is 6.07 Å². The van der Waals surface area contributed by atoms with E-state index in [1.54, 1.807) is 6.07 Å². The predicted molar refractivity (Wildman–Crippen MR) is 78.0 cm³/mol. The van der Waals surface area contributed by atoms with Crippen molar-refractivity contribution in [2.45, 2.75) is 31.4 Å². The zero-order chi connectivity index (χ0) is 13.2. The van der Waals surface area contributed by atoms with E-state index in [0.717, 1.165) is 5.56 Å². The molecule has 0 spiro atoms. The molecule has 1 unspecified atom stereocenters. The number of amides is 1. The van der Waals surface area contributed by atoms with E-state index in [0.29, 0.717) is 17.8 Å². The van der Waals surface area contributed by atoms with Crippen molar-refractivity contribution >= 4 is 23.4 Å². The van der Waals surface area contributed by atoms with Crippen molar-refractivity contribution in [2.24, 2.45) is 0 Å². The Morgan fingerprint density at radius 2 is 2.33 bits per heavy atom. The minimum Gasteiger partial charge on any atom is -0.398 e. The molecule has 3 nitrogen and oxygen atoms in total. The van der Waals surface area contributed by atoms with Gasteiger partial charge in [0.1, 0.15) is 0 Å². The van der Waals surface area contributed by atoms with Crippen molar-refractivity contribution in [1.82, 2.24) is 5.32 Å². The summed E-state index contributed by atoms with van der Waals surface area (Å²) in [6, 6.07) is 5.54. The lowest BCUT2D eigenvalue weighted by atomic mass is 10.1. The second kappa shape index (κ2) is 5.22. The molecule has 1 saturated heterocycles. The Bertz CT molecular complexity index is 453. The Morgan fingerprint density at radius 3 is 2.94 bits per heavy atom. The van der Waals surface area contributed by atoms with E-state index in [2.05, 4.69) is 12.2 Å². The number of carbonyl (C=O) groups excluding carboxylic acids is 1. The first-order chi connectivity index (χ1) is 8.50. The summed E-state index contributed by atoms with van der Waals surface area (Å²) in [4.78, 5) is 12.1. The van der Waals surface area contributed by atoms with Crippen LogP contribution in [0.3, 0.4) is 0 Å². The minimum atomic E-state index is -0.0683. The van der Waals surface area contributed by atoms with E-state index in [-0.39, 0.29) is 10.7 Å². The van der Waals surface area contributed by atoms with Gasteiger partial charge < -0.3 is 11.1 Å². The third-order valence-electron chi connectivity index (χ3n) is 3.38. The molecule has 1 heterocycles. The number of benzene rings is 1. The maximum Gasteiger partial charge on any atom is 0.253 e. The lowest BCUT2D eigenvalue weighted by Crippen LogP contribution is -2.37. The number of hydrogen-bond acceptors (Lipinski definition) is 3. The summed E-state index contributed by atoms with van der Waals surface area (Å²) in [5.74, 6) is 1.13. The fourth-order valence-corrected chi connectivity index (χ4v) is 3.47. The van der Waals surface area contributed by atoms with Gasteiger partial charge in [0.2, 0.25) is 0 Å². The van der Waals surface area contributed by atoms with Crippen LogP contribution < -0.4 is 11.1 Å². The first-order valence-electron chi connectivity index (χ1n) is 6.28. The summed E-state index contributed by atoms with van der Waals surface area (Å²) < 4.78 is 0.190. The van der Waals surface area contributed by atoms with Gasteiger partial charge >= 0.3 is 0 Å². The van der Waals surface area contributed by atoms with Gasteiger partial charge in [0, 0.05) is 17.0 Å². The fraction of sp³-hybridized carbons (Fsp3) is 0.500. The molecule has 98 valence electrons. The quantitative estimate of drug-likeness (QED) is 0.825. The Labute approximate surface area is 113 Å². The molecular formula is C14H20N2OS. The first-order valence-corrected chi connectivity index (χ1v) is 7.27. The highest BCUT2D eigenvalue weighted by Gasteiger charge is 2.29. The van der Waals surface area contributed by atoms with E-state index >= 15 is 0 Å². The molecule has 3 N–H and O–H groups in total. The molecule has 0 saturated carbocycles. The summed E-state index contributed by atoms with van der Waals surface area (Å²) >= 11 is 1.94. The molecule has 0 aromatic heterocycles. The van der Waals surface area contributed by atoms with E-state index in [1.165, 1.54) is 18.6 Å². The third-order valence-corrected chi connectivity index (χ3v) is 4.91. The average Bonchev–Trinajstić information content (AvgIpc) is 2.74. The lowest BCUT2D eigenvalue weighted by Gasteiger charge is -2.23. The molecule has 0 radical (unpaired) electrons. The Morgan fingerprint density at radius 1 is 1.56 bits per heavy atom. The van der Waals surface area contributed by atoms with Gasteiger partial charge in [0.15, 0.2) is 0 Å². The van der Waals surface area contributed by atoms with Crippen LogP contribution in [0.2, 0.25) is 0 Å². The molecular weight excluding hydrogens is 244 g/mol. The molecule has 1 aromatic rings. The smallest absolute Gasteiger partial charge is 0.253 e. The Hall–Kier alpha value is -1.16. The molecule has 4 heteroatoms. The van der Waals surface area contributed by atoms with Gasteiger partial charge in [-0.15, -0.1) is 0 Å². The summed E-state index contributed by atoms with van der Waals surface area (Å²) in [6.07, 6.45) is 2.41. The van der Waals surface area contributed by atoms with Crippen LogP contribution in [0.25, 0.3) is 0 Å². The van der Waals surface area contributed by atoms with Crippen molar-refractivity contribution in [3.8, 4) is 0 Å². The van der Waals surface area contributed by atoms with E-state index < -0.39 is 0 Å². The molecule has 1 aliphatic rings. The summed E-state index contributed by atoms with van der Waals surface area (Å²) in [6.45, 7) is 4.89. The number of anilines is 1. The van der Waals surface area contributed by atoms with Crippen LogP contribution >= 0.6 is 11.8 Å².